The Balaban J connectivity index is 2.29. The van der Waals surface area contributed by atoms with Crippen LogP contribution in [0.5, 0.6) is 0 Å². The Kier molecular flexibility index (Phi) is 7.48. The molecule has 1 heterocycles. The Morgan fingerprint density at radius 3 is 2.24 bits per heavy atom. The van der Waals surface area contributed by atoms with E-state index in [1.54, 1.807) is 26.0 Å². The second-order valence-corrected chi connectivity index (χ2v) is 6.29. The number of carboxylic acids is 1. The number of hydrogen-bond donors (Lipinski definition) is 2. The summed E-state index contributed by atoms with van der Waals surface area (Å²) >= 11 is 0. The summed E-state index contributed by atoms with van der Waals surface area (Å²) in [4.78, 5) is 37.4. The number of nitrogens with zero attached hydrogens (tertiary/aromatic N) is 1. The minimum absolute atomic E-state index is 0.0605. The van der Waals surface area contributed by atoms with Gasteiger partial charge in [-0.25, -0.2) is 9.69 Å². The Morgan fingerprint density at radius 2 is 1.69 bits per heavy atom. The van der Waals surface area contributed by atoms with Crippen molar-refractivity contribution in [2.75, 3.05) is 5.32 Å². The molecular weight excluding hydrogens is 368 g/mol. The van der Waals surface area contributed by atoms with E-state index in [2.05, 4.69) is 5.32 Å². The normalized spacial score (nSPS) is 15.9. The fourth-order valence-electron chi connectivity index (χ4n) is 2.78. The van der Waals surface area contributed by atoms with Gasteiger partial charge in [0.25, 0.3) is 11.8 Å². The molecule has 0 aliphatic carbocycles. The van der Waals surface area contributed by atoms with Gasteiger partial charge in [-0.2, -0.15) is 0 Å². The second-order valence-electron chi connectivity index (χ2n) is 6.29. The molecule has 2 N–H and O–H groups in total. The number of nitrogens with one attached hydrogen (secondary N) is 1. The first kappa shape index (κ1) is 21.6. The van der Waals surface area contributed by atoms with Crippen molar-refractivity contribution in [2.45, 2.75) is 27.2 Å². The predicted octanol–water partition coefficient (Wildman–Crippen LogP) is 4.18. The first-order valence-corrected chi connectivity index (χ1v) is 9.25. The van der Waals surface area contributed by atoms with E-state index < -0.39 is 17.8 Å². The van der Waals surface area contributed by atoms with Crippen LogP contribution in [0.25, 0.3) is 0 Å². The number of carboxylic acid groups (broad SMARTS) is 1. The zero-order valence-electron chi connectivity index (χ0n) is 16.7. The number of aliphatic carboxylic acids is 1. The quantitative estimate of drug-likeness (QED) is 0.394. The lowest BCUT2D eigenvalue weighted by Crippen LogP contribution is -2.29. The van der Waals surface area contributed by atoms with E-state index in [-0.39, 0.29) is 11.1 Å². The number of hydrogen-bond acceptors (Lipinski definition) is 4. The minimum atomic E-state index is -1.19. The molecule has 0 saturated heterocycles. The molecular formula is C23H24N2O4. The third-order valence-electron chi connectivity index (χ3n) is 4.22. The molecule has 1 aromatic carbocycles. The summed E-state index contributed by atoms with van der Waals surface area (Å²) in [6.07, 6.45) is 9.41. The Labute approximate surface area is 170 Å². The fourth-order valence-corrected chi connectivity index (χ4v) is 2.78. The molecule has 0 aromatic heterocycles. The van der Waals surface area contributed by atoms with Crippen LogP contribution in [0.2, 0.25) is 0 Å². The van der Waals surface area contributed by atoms with Crippen molar-refractivity contribution in [1.82, 2.24) is 4.90 Å². The molecule has 2 amide bonds. The highest BCUT2D eigenvalue weighted by Crippen LogP contribution is 2.26. The van der Waals surface area contributed by atoms with E-state index in [0.29, 0.717) is 5.70 Å². The second kappa shape index (κ2) is 10.0. The Hall–Kier alpha value is -3.67. The van der Waals surface area contributed by atoms with Gasteiger partial charge in [-0.05, 0) is 50.6 Å². The van der Waals surface area contributed by atoms with Crippen molar-refractivity contribution in [2.24, 2.45) is 0 Å². The average molecular weight is 392 g/mol. The number of anilines is 1. The van der Waals surface area contributed by atoms with Crippen LogP contribution in [0.15, 0.2) is 89.3 Å². The van der Waals surface area contributed by atoms with E-state index >= 15 is 0 Å². The van der Waals surface area contributed by atoms with Gasteiger partial charge in [0, 0.05) is 23.2 Å². The van der Waals surface area contributed by atoms with E-state index in [0.717, 1.165) is 34.9 Å². The van der Waals surface area contributed by atoms with Gasteiger partial charge >= 0.3 is 5.97 Å². The summed E-state index contributed by atoms with van der Waals surface area (Å²) in [5, 5.41) is 12.1. The summed E-state index contributed by atoms with van der Waals surface area (Å²) in [7, 11) is 0. The maximum Gasteiger partial charge on any atom is 0.328 e. The van der Waals surface area contributed by atoms with Crippen molar-refractivity contribution in [3.05, 3.63) is 89.3 Å². The molecule has 0 fully saturated rings. The molecule has 0 bridgehead atoms. The maximum atomic E-state index is 12.8. The van der Waals surface area contributed by atoms with Crippen LogP contribution in [-0.2, 0) is 14.4 Å². The zero-order valence-corrected chi connectivity index (χ0v) is 16.7. The molecule has 6 heteroatoms. The van der Waals surface area contributed by atoms with Crippen molar-refractivity contribution in [3.63, 3.8) is 0 Å². The summed E-state index contributed by atoms with van der Waals surface area (Å²) < 4.78 is 0. The smallest absolute Gasteiger partial charge is 0.328 e. The minimum Gasteiger partial charge on any atom is -0.478 e. The summed E-state index contributed by atoms with van der Waals surface area (Å²) in [6.45, 7) is 5.39. The van der Waals surface area contributed by atoms with Gasteiger partial charge < -0.3 is 10.4 Å². The molecule has 29 heavy (non-hydrogen) atoms. The highest BCUT2D eigenvalue weighted by molar-refractivity contribution is 6.23. The first-order valence-electron chi connectivity index (χ1n) is 9.25. The number of para-hydroxylation sites is 1. The molecule has 0 unspecified atom stereocenters. The van der Waals surface area contributed by atoms with Gasteiger partial charge in [-0.3, -0.25) is 9.59 Å². The molecule has 0 radical (unpaired) electrons. The Bertz CT molecular complexity index is 950. The van der Waals surface area contributed by atoms with Crippen molar-refractivity contribution in [1.29, 1.82) is 0 Å². The number of carbonyl (C=O) groups excluding carboxylic acids is 2. The van der Waals surface area contributed by atoms with Gasteiger partial charge in [0.2, 0.25) is 0 Å². The number of amides is 2. The first-order chi connectivity index (χ1) is 13.9. The lowest BCUT2D eigenvalue weighted by atomic mass is 10.1. The standard InChI is InChI=1S/C23H24N2O4/c1-4-9-19-20(14-15-21(26)27)23(29)25(22(19)28)16(3)12-13-17(5-2)24-18-10-7-6-8-11-18/h4,6-15,24H,5H2,1-3H3,(H,26,27)/b9-4-,15-14+,16-12+,17-13+. The highest BCUT2D eigenvalue weighted by atomic mass is 16.4. The van der Waals surface area contributed by atoms with E-state index in [4.69, 9.17) is 5.11 Å². The number of allylic oxidation sites excluding steroid dienone is 5. The summed E-state index contributed by atoms with van der Waals surface area (Å²) in [6, 6.07) is 9.68. The molecule has 0 atom stereocenters. The zero-order chi connectivity index (χ0) is 21.4. The maximum absolute atomic E-state index is 12.8. The molecule has 2 rings (SSSR count). The van der Waals surface area contributed by atoms with Gasteiger partial charge in [0.15, 0.2) is 0 Å². The van der Waals surface area contributed by atoms with Crippen LogP contribution in [0.1, 0.15) is 27.2 Å². The van der Waals surface area contributed by atoms with Crippen LogP contribution in [0.3, 0.4) is 0 Å². The van der Waals surface area contributed by atoms with Crippen LogP contribution >= 0.6 is 0 Å². The van der Waals surface area contributed by atoms with Crippen LogP contribution in [-0.4, -0.2) is 27.8 Å². The number of imide groups is 1. The topological polar surface area (TPSA) is 86.7 Å². The molecule has 1 aromatic rings. The molecule has 150 valence electrons. The third kappa shape index (κ3) is 5.42. The lowest BCUT2D eigenvalue weighted by Gasteiger charge is -2.15. The molecule has 1 aliphatic rings. The van der Waals surface area contributed by atoms with Crippen LogP contribution in [0, 0.1) is 0 Å². The van der Waals surface area contributed by atoms with Gasteiger partial charge in [0.05, 0.1) is 11.1 Å². The summed E-state index contributed by atoms with van der Waals surface area (Å²) in [5.41, 5.74) is 2.54. The third-order valence-corrected chi connectivity index (χ3v) is 4.22. The molecule has 0 saturated carbocycles. The highest BCUT2D eigenvalue weighted by Gasteiger charge is 2.36. The van der Waals surface area contributed by atoms with Gasteiger partial charge in [-0.1, -0.05) is 37.3 Å². The van der Waals surface area contributed by atoms with Crippen LogP contribution < -0.4 is 5.32 Å². The summed E-state index contributed by atoms with van der Waals surface area (Å²) in [5.74, 6) is -2.21. The molecule has 1 aliphatic heterocycles. The number of benzene rings is 1. The average Bonchev–Trinajstić information content (AvgIpc) is 2.93. The largest absolute Gasteiger partial charge is 0.478 e. The SMILES string of the molecule is C/C=C\C1=C(/C=C/C(=O)O)C(=O)N(/C(C)=C/C=C(\CC)Nc2ccccc2)C1=O. The number of rotatable bonds is 8. The fraction of sp³-hybridized carbons (Fsp3) is 0.174. The van der Waals surface area contributed by atoms with Gasteiger partial charge in [-0.15, -0.1) is 0 Å². The molecule has 0 spiro atoms. The van der Waals surface area contributed by atoms with Crippen molar-refractivity contribution in [3.8, 4) is 0 Å². The van der Waals surface area contributed by atoms with E-state index in [1.165, 1.54) is 6.08 Å². The lowest BCUT2D eigenvalue weighted by molar-refractivity contribution is -0.135. The number of carbonyl (C=O) groups is 3. The van der Waals surface area contributed by atoms with Crippen LogP contribution in [0.4, 0.5) is 5.69 Å². The predicted molar refractivity (Wildman–Crippen MR) is 113 cm³/mol. The van der Waals surface area contributed by atoms with E-state index in [1.807, 2.05) is 43.3 Å². The van der Waals surface area contributed by atoms with E-state index in [9.17, 15) is 14.4 Å². The monoisotopic (exact) mass is 392 g/mol. The van der Waals surface area contributed by atoms with Crippen molar-refractivity contribution < 1.29 is 19.5 Å². The van der Waals surface area contributed by atoms with Gasteiger partial charge in [0.1, 0.15) is 0 Å². The Morgan fingerprint density at radius 1 is 1.07 bits per heavy atom. The molecule has 6 nitrogen and oxygen atoms in total. The van der Waals surface area contributed by atoms with Crippen molar-refractivity contribution >= 4 is 23.5 Å².